The van der Waals surface area contributed by atoms with Crippen LogP contribution in [0.5, 0.6) is 0 Å². The van der Waals surface area contributed by atoms with Crippen LogP contribution in [0.25, 0.3) is 11.1 Å². The quantitative estimate of drug-likeness (QED) is 0.293. The van der Waals surface area contributed by atoms with Crippen LogP contribution in [0.15, 0.2) is 91.4 Å². The molecule has 2 fully saturated rings. The van der Waals surface area contributed by atoms with Gasteiger partial charge < -0.3 is 15.5 Å². The second-order valence-electron chi connectivity index (χ2n) is 11.9. The summed E-state index contributed by atoms with van der Waals surface area (Å²) in [6, 6.07) is 23.9. The van der Waals surface area contributed by atoms with E-state index in [4.69, 9.17) is 4.98 Å². The van der Waals surface area contributed by atoms with E-state index in [-0.39, 0.29) is 23.9 Å². The lowest BCUT2D eigenvalue weighted by Crippen LogP contribution is -2.45. The molecule has 0 bridgehead atoms. The highest BCUT2D eigenvalue weighted by Gasteiger charge is 2.24. The summed E-state index contributed by atoms with van der Waals surface area (Å²) in [6.45, 7) is 6.54. The van der Waals surface area contributed by atoms with Crippen molar-refractivity contribution in [3.63, 3.8) is 0 Å². The van der Waals surface area contributed by atoms with Gasteiger partial charge in [0.1, 0.15) is 5.82 Å². The number of benzene rings is 2. The first kappa shape index (κ1) is 29.5. The molecule has 0 spiro atoms. The zero-order valence-electron chi connectivity index (χ0n) is 25.3. The molecule has 2 saturated heterocycles. The van der Waals surface area contributed by atoms with Crippen molar-refractivity contribution in [3.8, 4) is 11.1 Å². The Hall–Kier alpha value is -4.56. The van der Waals surface area contributed by atoms with Crippen molar-refractivity contribution in [3.05, 3.63) is 114 Å². The number of pyridine rings is 2. The number of hydrogen-bond acceptors (Lipinski definition) is 6. The number of hydrogen-bond donors (Lipinski definition) is 2. The molecule has 2 aliphatic rings. The summed E-state index contributed by atoms with van der Waals surface area (Å²) in [5.41, 5.74) is 5.86. The third-order valence-corrected chi connectivity index (χ3v) is 8.82. The molecular formula is C36H40N6O2. The Labute approximate surface area is 259 Å². The monoisotopic (exact) mass is 588 g/mol. The Morgan fingerprint density at radius 2 is 1.43 bits per heavy atom. The van der Waals surface area contributed by atoms with Gasteiger partial charge in [-0.15, -0.1) is 0 Å². The van der Waals surface area contributed by atoms with Gasteiger partial charge in [0.15, 0.2) is 0 Å². The summed E-state index contributed by atoms with van der Waals surface area (Å²) < 4.78 is 0. The normalized spacial score (nSPS) is 16.4. The smallest absolute Gasteiger partial charge is 0.251 e. The molecule has 44 heavy (non-hydrogen) atoms. The van der Waals surface area contributed by atoms with Gasteiger partial charge in [0.05, 0.1) is 0 Å². The molecule has 4 aromatic rings. The lowest BCUT2D eigenvalue weighted by molar-refractivity contribution is 0.0906. The van der Waals surface area contributed by atoms with Crippen LogP contribution in [0.4, 0.5) is 5.82 Å². The largest absolute Gasteiger partial charge is 0.356 e. The van der Waals surface area contributed by atoms with E-state index in [2.05, 4.69) is 44.5 Å². The predicted octanol–water partition coefficient (Wildman–Crippen LogP) is 5.25. The molecule has 2 N–H and O–H groups in total. The predicted molar refractivity (Wildman–Crippen MR) is 174 cm³/mol. The number of nitrogens with zero attached hydrogens (tertiary/aromatic N) is 4. The van der Waals surface area contributed by atoms with Gasteiger partial charge in [-0.05, 0) is 97.3 Å². The molecule has 0 unspecified atom stereocenters. The Balaban J connectivity index is 0.941. The molecule has 0 aliphatic carbocycles. The third kappa shape index (κ3) is 7.32. The topological polar surface area (TPSA) is 90.5 Å². The number of anilines is 1. The van der Waals surface area contributed by atoms with E-state index in [9.17, 15) is 9.59 Å². The van der Waals surface area contributed by atoms with Crippen LogP contribution in [0, 0.1) is 6.92 Å². The van der Waals surface area contributed by atoms with E-state index in [1.54, 1.807) is 12.4 Å². The van der Waals surface area contributed by atoms with Gasteiger partial charge in [-0.25, -0.2) is 4.98 Å². The molecule has 8 nitrogen and oxygen atoms in total. The molecule has 226 valence electrons. The second kappa shape index (κ2) is 13.8. The average Bonchev–Trinajstić information content (AvgIpc) is 3.07. The maximum Gasteiger partial charge on any atom is 0.251 e. The summed E-state index contributed by atoms with van der Waals surface area (Å²) in [5, 5.41) is 6.44. The van der Waals surface area contributed by atoms with Gasteiger partial charge in [0.2, 0.25) is 0 Å². The number of aryl methyl sites for hydroxylation is 1. The summed E-state index contributed by atoms with van der Waals surface area (Å²) in [6.07, 6.45) is 9.21. The maximum absolute atomic E-state index is 13.1. The molecule has 0 saturated carbocycles. The lowest BCUT2D eigenvalue weighted by Gasteiger charge is -2.34. The Kier molecular flexibility index (Phi) is 9.27. The molecule has 2 aromatic carbocycles. The fraction of sp³-hybridized carbons (Fsp3) is 0.333. The van der Waals surface area contributed by atoms with Crippen molar-refractivity contribution in [1.82, 2.24) is 25.5 Å². The van der Waals surface area contributed by atoms with Crippen LogP contribution in [0.1, 0.15) is 57.5 Å². The fourth-order valence-electron chi connectivity index (χ4n) is 6.18. The standard InChI is InChI=1S/C36H40N6O2/c1-26-7-9-30(23-33(26)28-11-17-37-18-12-28)36(44)40-31-13-19-41(20-14-31)25-27-8-10-34(38-24-27)42-21-15-32(16-22-42)39-35(43)29-5-3-2-4-6-29/h2-12,17-18,23-24,31-32H,13-16,19-22,25H2,1H3,(H,39,43)(H,40,44). The number of carbonyl (C=O) groups is 2. The minimum atomic E-state index is -0.0128. The van der Waals surface area contributed by atoms with Gasteiger partial charge in [0, 0.05) is 74.5 Å². The van der Waals surface area contributed by atoms with Crippen molar-refractivity contribution < 1.29 is 9.59 Å². The van der Waals surface area contributed by atoms with Crippen LogP contribution in [-0.4, -0.2) is 64.9 Å². The average molecular weight is 589 g/mol. The lowest BCUT2D eigenvalue weighted by atomic mass is 9.98. The van der Waals surface area contributed by atoms with E-state index in [0.717, 1.165) is 80.9 Å². The minimum Gasteiger partial charge on any atom is -0.356 e. The second-order valence-corrected chi connectivity index (χ2v) is 11.9. The maximum atomic E-state index is 13.1. The van der Waals surface area contributed by atoms with E-state index >= 15 is 0 Å². The molecular weight excluding hydrogens is 548 g/mol. The Morgan fingerprint density at radius 3 is 2.09 bits per heavy atom. The van der Waals surface area contributed by atoms with Gasteiger partial charge in [-0.1, -0.05) is 30.3 Å². The molecule has 0 atom stereocenters. The van der Waals surface area contributed by atoms with Gasteiger partial charge >= 0.3 is 0 Å². The van der Waals surface area contributed by atoms with Crippen LogP contribution in [0.2, 0.25) is 0 Å². The Morgan fingerprint density at radius 1 is 0.773 bits per heavy atom. The molecule has 8 heteroatoms. The number of likely N-dealkylation sites (tertiary alicyclic amines) is 1. The summed E-state index contributed by atoms with van der Waals surface area (Å²) in [4.78, 5) is 39.2. The number of amides is 2. The Bertz CT molecular complexity index is 1550. The number of nitrogens with one attached hydrogen (secondary N) is 2. The van der Waals surface area contributed by atoms with Gasteiger partial charge in [0.25, 0.3) is 11.8 Å². The molecule has 2 amide bonds. The third-order valence-electron chi connectivity index (χ3n) is 8.82. The van der Waals surface area contributed by atoms with Crippen molar-refractivity contribution in [1.29, 1.82) is 0 Å². The highest BCUT2D eigenvalue weighted by Crippen LogP contribution is 2.25. The van der Waals surface area contributed by atoms with E-state index < -0.39 is 0 Å². The number of rotatable bonds is 8. The van der Waals surface area contributed by atoms with Crippen molar-refractivity contribution in [2.45, 2.75) is 51.2 Å². The van der Waals surface area contributed by atoms with Crippen LogP contribution >= 0.6 is 0 Å². The first-order valence-electron chi connectivity index (χ1n) is 15.6. The molecule has 0 radical (unpaired) electrons. The number of piperidine rings is 2. The fourth-order valence-corrected chi connectivity index (χ4v) is 6.18. The van der Waals surface area contributed by atoms with Gasteiger partial charge in [-0.3, -0.25) is 19.5 Å². The van der Waals surface area contributed by atoms with E-state index in [1.807, 2.05) is 66.9 Å². The first-order valence-corrected chi connectivity index (χ1v) is 15.6. The van der Waals surface area contributed by atoms with Crippen molar-refractivity contribution in [2.24, 2.45) is 0 Å². The number of aromatic nitrogens is 2. The molecule has 2 aromatic heterocycles. The molecule has 4 heterocycles. The highest BCUT2D eigenvalue weighted by molar-refractivity contribution is 5.96. The van der Waals surface area contributed by atoms with Crippen LogP contribution in [0.3, 0.4) is 0 Å². The van der Waals surface area contributed by atoms with Crippen molar-refractivity contribution in [2.75, 3.05) is 31.1 Å². The van der Waals surface area contributed by atoms with E-state index in [1.165, 1.54) is 5.56 Å². The highest BCUT2D eigenvalue weighted by atomic mass is 16.2. The number of carbonyl (C=O) groups excluding carboxylic acids is 2. The zero-order chi connectivity index (χ0) is 30.3. The summed E-state index contributed by atoms with van der Waals surface area (Å²) >= 11 is 0. The first-order chi connectivity index (χ1) is 21.5. The van der Waals surface area contributed by atoms with Crippen molar-refractivity contribution >= 4 is 17.6 Å². The SMILES string of the molecule is Cc1ccc(C(=O)NC2CCN(Cc3ccc(N4CCC(NC(=O)c5ccccc5)CC4)nc3)CC2)cc1-c1ccncc1. The van der Waals surface area contributed by atoms with E-state index in [0.29, 0.717) is 11.1 Å². The summed E-state index contributed by atoms with van der Waals surface area (Å²) in [5.74, 6) is 0.979. The zero-order valence-corrected chi connectivity index (χ0v) is 25.3. The molecule has 6 rings (SSSR count). The van der Waals surface area contributed by atoms with Crippen LogP contribution in [-0.2, 0) is 6.54 Å². The van der Waals surface area contributed by atoms with Crippen LogP contribution < -0.4 is 15.5 Å². The summed E-state index contributed by atoms with van der Waals surface area (Å²) in [7, 11) is 0. The van der Waals surface area contributed by atoms with Gasteiger partial charge in [-0.2, -0.15) is 0 Å². The minimum absolute atomic E-state index is 0.000222. The molecule has 2 aliphatic heterocycles.